The average Bonchev–Trinajstić information content (AvgIpc) is 3.16. The van der Waals surface area contributed by atoms with Crippen LogP contribution in [-0.2, 0) is 6.54 Å². The monoisotopic (exact) mass is 273 g/mol. The molecule has 0 atom stereocenters. The first-order valence-electron chi connectivity index (χ1n) is 6.98. The summed E-state index contributed by atoms with van der Waals surface area (Å²) in [5.74, 6) is 2.36. The first-order chi connectivity index (χ1) is 9.78. The normalized spacial score (nSPS) is 14.4. The molecule has 106 valence electrons. The van der Waals surface area contributed by atoms with Gasteiger partial charge in [0.2, 0.25) is 0 Å². The molecular formula is C14H19N5O. The number of aryl methyl sites for hydroxylation is 1. The molecule has 0 unspecified atom stereocenters. The number of tetrazole rings is 1. The van der Waals surface area contributed by atoms with Gasteiger partial charge in [0.1, 0.15) is 5.75 Å². The quantitative estimate of drug-likeness (QED) is 0.815. The maximum atomic E-state index is 5.78. The number of nitrogens with two attached hydrogens (primary N) is 1. The second kappa shape index (κ2) is 5.48. The Morgan fingerprint density at radius 3 is 3.00 bits per heavy atom. The number of ether oxygens (including phenoxy) is 1. The van der Waals surface area contributed by atoms with Crippen LogP contribution in [0.25, 0.3) is 11.4 Å². The molecule has 2 N–H and O–H groups in total. The van der Waals surface area contributed by atoms with Crippen LogP contribution < -0.4 is 10.5 Å². The van der Waals surface area contributed by atoms with Gasteiger partial charge < -0.3 is 10.5 Å². The van der Waals surface area contributed by atoms with Crippen LogP contribution in [0.1, 0.15) is 25.7 Å². The van der Waals surface area contributed by atoms with Crippen LogP contribution in [-0.4, -0.2) is 27.3 Å². The molecule has 0 radical (unpaired) electrons. The highest BCUT2D eigenvalue weighted by atomic mass is 16.5. The number of benzene rings is 1. The van der Waals surface area contributed by atoms with Gasteiger partial charge in [-0.2, -0.15) is 0 Å². The molecule has 1 heterocycles. The van der Waals surface area contributed by atoms with Crippen LogP contribution in [0.2, 0.25) is 0 Å². The van der Waals surface area contributed by atoms with E-state index < -0.39 is 0 Å². The van der Waals surface area contributed by atoms with E-state index in [0.717, 1.165) is 30.3 Å². The minimum atomic E-state index is 0.665. The van der Waals surface area contributed by atoms with Crippen LogP contribution in [0.3, 0.4) is 0 Å². The van der Waals surface area contributed by atoms with E-state index >= 15 is 0 Å². The number of nitrogen functional groups attached to an aromatic ring is 1. The second-order valence-electron chi connectivity index (χ2n) is 5.27. The summed E-state index contributed by atoms with van der Waals surface area (Å²) in [7, 11) is 1.62. The topological polar surface area (TPSA) is 78.8 Å². The Balaban J connectivity index is 1.80. The smallest absolute Gasteiger partial charge is 0.185 e. The number of hydrogen-bond acceptors (Lipinski definition) is 5. The summed E-state index contributed by atoms with van der Waals surface area (Å²) in [5.41, 5.74) is 7.31. The van der Waals surface area contributed by atoms with Crippen molar-refractivity contribution in [2.24, 2.45) is 5.92 Å². The Hall–Kier alpha value is -2.11. The largest absolute Gasteiger partial charge is 0.496 e. The molecule has 0 amide bonds. The van der Waals surface area contributed by atoms with Crippen LogP contribution in [0.4, 0.5) is 5.69 Å². The van der Waals surface area contributed by atoms with E-state index in [2.05, 4.69) is 15.5 Å². The number of aromatic nitrogens is 4. The van der Waals surface area contributed by atoms with Crippen LogP contribution in [0.5, 0.6) is 5.75 Å². The zero-order valence-corrected chi connectivity index (χ0v) is 11.6. The second-order valence-corrected chi connectivity index (χ2v) is 5.27. The molecule has 6 nitrogen and oxygen atoms in total. The van der Waals surface area contributed by atoms with Crippen molar-refractivity contribution in [3.63, 3.8) is 0 Å². The Bertz CT molecular complexity index is 591. The van der Waals surface area contributed by atoms with E-state index in [0.29, 0.717) is 11.4 Å². The van der Waals surface area contributed by atoms with Crippen molar-refractivity contribution in [2.45, 2.75) is 32.2 Å². The lowest BCUT2D eigenvalue weighted by Crippen LogP contribution is -2.04. The lowest BCUT2D eigenvalue weighted by Gasteiger charge is -2.09. The summed E-state index contributed by atoms with van der Waals surface area (Å²) < 4.78 is 7.21. The highest BCUT2D eigenvalue weighted by Crippen LogP contribution is 2.34. The Morgan fingerprint density at radius 1 is 1.40 bits per heavy atom. The van der Waals surface area contributed by atoms with Gasteiger partial charge in [0.05, 0.1) is 12.7 Å². The summed E-state index contributed by atoms with van der Waals surface area (Å²) in [6.45, 7) is 0.840. The van der Waals surface area contributed by atoms with Crippen molar-refractivity contribution in [3.05, 3.63) is 18.2 Å². The molecule has 1 fully saturated rings. The summed E-state index contributed by atoms with van der Waals surface area (Å²) in [5, 5.41) is 12.0. The third-order valence-electron chi connectivity index (χ3n) is 3.68. The van der Waals surface area contributed by atoms with E-state index in [-0.39, 0.29) is 0 Å². The van der Waals surface area contributed by atoms with Crippen LogP contribution in [0, 0.1) is 5.92 Å². The van der Waals surface area contributed by atoms with Gasteiger partial charge in [0.25, 0.3) is 0 Å². The molecule has 1 saturated carbocycles. The molecule has 1 aromatic heterocycles. The molecule has 2 aromatic rings. The fourth-order valence-corrected chi connectivity index (χ4v) is 2.38. The fourth-order valence-electron chi connectivity index (χ4n) is 2.38. The minimum absolute atomic E-state index is 0.665. The molecule has 1 aliphatic rings. The van der Waals surface area contributed by atoms with Crippen molar-refractivity contribution >= 4 is 5.69 Å². The van der Waals surface area contributed by atoms with Crippen molar-refractivity contribution in [3.8, 4) is 17.1 Å². The molecule has 3 rings (SSSR count). The number of anilines is 1. The minimum Gasteiger partial charge on any atom is -0.496 e. The van der Waals surface area contributed by atoms with E-state index in [1.54, 1.807) is 13.2 Å². The molecule has 20 heavy (non-hydrogen) atoms. The Morgan fingerprint density at radius 2 is 2.25 bits per heavy atom. The summed E-state index contributed by atoms with van der Waals surface area (Å²) in [6, 6.07) is 5.52. The van der Waals surface area contributed by atoms with Gasteiger partial charge in [-0.25, -0.2) is 4.68 Å². The summed E-state index contributed by atoms with van der Waals surface area (Å²) >= 11 is 0. The standard InChI is InChI=1S/C14H19N5O/c1-20-13-9-11(15)6-7-12(13)14-16-17-18-19(14)8-2-3-10-4-5-10/h6-7,9-10H,2-5,8,15H2,1H3. The maximum absolute atomic E-state index is 5.78. The van der Waals surface area contributed by atoms with Gasteiger partial charge in [-0.05, 0) is 41.3 Å². The highest BCUT2D eigenvalue weighted by Gasteiger charge is 2.21. The van der Waals surface area contributed by atoms with Gasteiger partial charge >= 0.3 is 0 Å². The predicted molar refractivity (Wildman–Crippen MR) is 76.2 cm³/mol. The zero-order chi connectivity index (χ0) is 13.9. The molecule has 6 heteroatoms. The molecule has 0 spiro atoms. The predicted octanol–water partition coefficient (Wildman–Crippen LogP) is 2.12. The molecular weight excluding hydrogens is 254 g/mol. The lowest BCUT2D eigenvalue weighted by molar-refractivity contribution is 0.415. The van der Waals surface area contributed by atoms with E-state index in [4.69, 9.17) is 10.5 Å². The van der Waals surface area contributed by atoms with Crippen molar-refractivity contribution in [1.29, 1.82) is 0 Å². The first-order valence-corrected chi connectivity index (χ1v) is 6.98. The maximum Gasteiger partial charge on any atom is 0.185 e. The number of rotatable bonds is 6. The van der Waals surface area contributed by atoms with Gasteiger partial charge in [0.15, 0.2) is 5.82 Å². The third-order valence-corrected chi connectivity index (χ3v) is 3.68. The van der Waals surface area contributed by atoms with Gasteiger partial charge in [-0.1, -0.05) is 12.8 Å². The first kappa shape index (κ1) is 12.9. The SMILES string of the molecule is COc1cc(N)ccc1-c1nnnn1CCCC1CC1. The molecule has 0 aliphatic heterocycles. The van der Waals surface area contributed by atoms with E-state index in [1.165, 1.54) is 19.3 Å². The van der Waals surface area contributed by atoms with Crippen LogP contribution >= 0.6 is 0 Å². The highest BCUT2D eigenvalue weighted by molar-refractivity contribution is 5.67. The lowest BCUT2D eigenvalue weighted by atomic mass is 10.1. The third kappa shape index (κ3) is 2.74. The zero-order valence-electron chi connectivity index (χ0n) is 11.6. The number of hydrogen-bond donors (Lipinski definition) is 1. The van der Waals surface area contributed by atoms with Gasteiger partial charge in [0, 0.05) is 18.3 Å². The molecule has 1 aromatic carbocycles. The van der Waals surface area contributed by atoms with Crippen molar-refractivity contribution < 1.29 is 4.74 Å². The van der Waals surface area contributed by atoms with Crippen LogP contribution in [0.15, 0.2) is 18.2 Å². The summed E-state index contributed by atoms with van der Waals surface area (Å²) in [4.78, 5) is 0. The average molecular weight is 273 g/mol. The number of nitrogens with zero attached hydrogens (tertiary/aromatic N) is 4. The summed E-state index contributed by atoms with van der Waals surface area (Å²) in [6.07, 6.45) is 5.14. The molecule has 0 saturated heterocycles. The van der Waals surface area contributed by atoms with Crippen molar-refractivity contribution in [2.75, 3.05) is 12.8 Å². The van der Waals surface area contributed by atoms with Gasteiger partial charge in [-0.15, -0.1) is 5.10 Å². The fraction of sp³-hybridized carbons (Fsp3) is 0.500. The van der Waals surface area contributed by atoms with E-state index in [9.17, 15) is 0 Å². The van der Waals surface area contributed by atoms with Crippen molar-refractivity contribution in [1.82, 2.24) is 20.2 Å². The Labute approximate surface area is 117 Å². The van der Waals surface area contributed by atoms with Gasteiger partial charge in [-0.3, -0.25) is 0 Å². The Kier molecular flexibility index (Phi) is 3.54. The number of methoxy groups -OCH3 is 1. The van der Waals surface area contributed by atoms with E-state index in [1.807, 2.05) is 16.8 Å². The molecule has 1 aliphatic carbocycles. The molecule has 0 bridgehead atoms.